The topological polar surface area (TPSA) is 124 Å². The van der Waals surface area contributed by atoms with Gasteiger partial charge in [-0.15, -0.1) is 0 Å². The van der Waals surface area contributed by atoms with E-state index in [-0.39, 0.29) is 6.54 Å². The van der Waals surface area contributed by atoms with Gasteiger partial charge >= 0.3 is 11.9 Å². The number of piperidine rings is 1. The van der Waals surface area contributed by atoms with E-state index in [1.807, 2.05) is 0 Å². The number of aliphatic carboxylic acids is 3. The van der Waals surface area contributed by atoms with Crippen LogP contribution in [0.5, 0.6) is 0 Å². The van der Waals surface area contributed by atoms with Crippen LogP contribution in [0.15, 0.2) is 0 Å². The smallest absolute Gasteiger partial charge is 0.320 e. The number of nitrogens with one attached hydrogen (secondary N) is 1. The minimum absolute atomic E-state index is 0.256. The van der Waals surface area contributed by atoms with E-state index in [4.69, 9.17) is 20.1 Å². The Morgan fingerprint density at radius 3 is 1.81 bits per heavy atom. The molecule has 0 unspecified atom stereocenters. The second kappa shape index (κ2) is 6.78. The van der Waals surface area contributed by atoms with Crippen molar-refractivity contribution in [2.75, 3.05) is 6.54 Å². The van der Waals surface area contributed by atoms with Crippen molar-refractivity contribution in [2.45, 2.75) is 25.8 Å². The first-order valence-corrected chi connectivity index (χ1v) is 4.73. The normalized spacial score (nSPS) is 23.8. The molecule has 0 aromatic carbocycles. The molecule has 0 aromatic heterocycles. The molecule has 1 rings (SSSR count). The lowest BCUT2D eigenvalue weighted by molar-refractivity contribution is -0.146. The quantitative estimate of drug-likeness (QED) is 0.512. The molecule has 7 nitrogen and oxygen atoms in total. The molecule has 0 bridgehead atoms. The molecule has 0 aromatic rings. The molecule has 1 saturated heterocycles. The average molecular weight is 233 g/mol. The predicted octanol–water partition coefficient (Wildman–Crippen LogP) is -0.385. The van der Waals surface area contributed by atoms with Crippen molar-refractivity contribution in [1.29, 1.82) is 0 Å². The molecule has 0 spiro atoms. The lowest BCUT2D eigenvalue weighted by Crippen LogP contribution is -2.45. The predicted molar refractivity (Wildman–Crippen MR) is 53.1 cm³/mol. The van der Waals surface area contributed by atoms with Gasteiger partial charge in [-0.05, 0) is 12.8 Å². The van der Waals surface area contributed by atoms with Crippen molar-refractivity contribution in [1.82, 2.24) is 5.32 Å². The minimum Gasteiger partial charge on any atom is -0.481 e. The van der Waals surface area contributed by atoms with E-state index < -0.39 is 29.9 Å². The third-order valence-electron chi connectivity index (χ3n) is 2.06. The second-order valence-corrected chi connectivity index (χ2v) is 3.43. The Morgan fingerprint density at radius 2 is 1.56 bits per heavy atom. The SMILES string of the molecule is CC(=O)O.O=C(O)[C@@H]1CC[C@@H](C(=O)O)NC1. The zero-order valence-corrected chi connectivity index (χ0v) is 8.84. The lowest BCUT2D eigenvalue weighted by atomic mass is 9.95. The molecule has 0 amide bonds. The third kappa shape index (κ3) is 5.97. The standard InChI is InChI=1S/C7H11NO4.C2H4O2/c9-6(10)4-1-2-5(7(11)12)8-3-4;1-2(3)4/h4-5,8H,1-3H2,(H,9,10)(H,11,12);1H3,(H,3,4)/t4-,5+;/m1./s1. The maximum absolute atomic E-state index is 10.4. The van der Waals surface area contributed by atoms with Crippen LogP contribution in [0.25, 0.3) is 0 Å². The molecule has 4 N–H and O–H groups in total. The Morgan fingerprint density at radius 1 is 1.06 bits per heavy atom. The van der Waals surface area contributed by atoms with Crippen LogP contribution in [-0.2, 0) is 14.4 Å². The van der Waals surface area contributed by atoms with Crippen LogP contribution >= 0.6 is 0 Å². The number of rotatable bonds is 2. The summed E-state index contributed by atoms with van der Waals surface area (Å²) in [6, 6.07) is -0.569. The van der Waals surface area contributed by atoms with Gasteiger partial charge in [-0.2, -0.15) is 0 Å². The zero-order valence-electron chi connectivity index (χ0n) is 8.84. The third-order valence-corrected chi connectivity index (χ3v) is 2.06. The molecule has 16 heavy (non-hydrogen) atoms. The molecule has 1 aliphatic rings. The van der Waals surface area contributed by atoms with Crippen molar-refractivity contribution >= 4 is 17.9 Å². The number of hydrogen-bond acceptors (Lipinski definition) is 4. The summed E-state index contributed by atoms with van der Waals surface area (Å²) < 4.78 is 0. The van der Waals surface area contributed by atoms with Gasteiger partial charge in [0.15, 0.2) is 0 Å². The molecule has 1 fully saturated rings. The molecule has 0 aliphatic carbocycles. The lowest BCUT2D eigenvalue weighted by Gasteiger charge is -2.24. The summed E-state index contributed by atoms with van der Waals surface area (Å²) in [5.74, 6) is -3.02. The van der Waals surface area contributed by atoms with Gasteiger partial charge in [0.2, 0.25) is 0 Å². The molecule has 7 heteroatoms. The highest BCUT2D eigenvalue weighted by molar-refractivity contribution is 5.75. The number of carboxylic acid groups (broad SMARTS) is 3. The average Bonchev–Trinajstić information content (AvgIpc) is 2.17. The Labute approximate surface area is 92.1 Å². The molecule has 92 valence electrons. The van der Waals surface area contributed by atoms with Crippen molar-refractivity contribution in [2.24, 2.45) is 5.92 Å². The monoisotopic (exact) mass is 233 g/mol. The largest absolute Gasteiger partial charge is 0.481 e. The fourth-order valence-corrected chi connectivity index (χ4v) is 1.28. The maximum Gasteiger partial charge on any atom is 0.320 e. The first-order chi connectivity index (χ1) is 7.34. The zero-order chi connectivity index (χ0) is 12.7. The Balaban J connectivity index is 0.000000487. The Kier molecular flexibility index (Phi) is 6.09. The van der Waals surface area contributed by atoms with Crippen LogP contribution in [0.1, 0.15) is 19.8 Å². The molecular formula is C9H15NO6. The van der Waals surface area contributed by atoms with Gasteiger partial charge in [-0.3, -0.25) is 14.4 Å². The minimum atomic E-state index is -0.904. The van der Waals surface area contributed by atoms with Gasteiger partial charge in [0.25, 0.3) is 5.97 Å². The molecule has 2 atom stereocenters. The van der Waals surface area contributed by atoms with Crippen molar-refractivity contribution in [3.63, 3.8) is 0 Å². The van der Waals surface area contributed by atoms with Gasteiger partial charge in [-0.1, -0.05) is 0 Å². The second-order valence-electron chi connectivity index (χ2n) is 3.43. The van der Waals surface area contributed by atoms with E-state index in [2.05, 4.69) is 5.32 Å². The van der Waals surface area contributed by atoms with Gasteiger partial charge in [-0.25, -0.2) is 0 Å². The molecule has 1 aliphatic heterocycles. The van der Waals surface area contributed by atoms with Gasteiger partial charge in [0, 0.05) is 13.5 Å². The van der Waals surface area contributed by atoms with Crippen molar-refractivity contribution < 1.29 is 29.7 Å². The van der Waals surface area contributed by atoms with Crippen LogP contribution < -0.4 is 5.32 Å². The van der Waals surface area contributed by atoms with Crippen molar-refractivity contribution in [3.8, 4) is 0 Å². The Hall–Kier alpha value is -1.63. The van der Waals surface area contributed by atoms with E-state index in [0.717, 1.165) is 6.92 Å². The molecule has 0 saturated carbocycles. The fourth-order valence-electron chi connectivity index (χ4n) is 1.28. The van der Waals surface area contributed by atoms with E-state index in [0.29, 0.717) is 12.8 Å². The summed E-state index contributed by atoms with van der Waals surface area (Å²) in [6.45, 7) is 1.34. The fraction of sp³-hybridized carbons (Fsp3) is 0.667. The van der Waals surface area contributed by atoms with E-state index >= 15 is 0 Å². The first kappa shape index (κ1) is 14.4. The maximum atomic E-state index is 10.4. The number of carboxylic acids is 3. The first-order valence-electron chi connectivity index (χ1n) is 4.73. The highest BCUT2D eigenvalue weighted by Crippen LogP contribution is 2.14. The van der Waals surface area contributed by atoms with Gasteiger partial charge in [0.05, 0.1) is 5.92 Å². The van der Waals surface area contributed by atoms with Crippen LogP contribution in [0.3, 0.4) is 0 Å². The molecular weight excluding hydrogens is 218 g/mol. The van der Waals surface area contributed by atoms with E-state index in [1.165, 1.54) is 0 Å². The van der Waals surface area contributed by atoms with Crippen LogP contribution in [0.4, 0.5) is 0 Å². The van der Waals surface area contributed by atoms with Gasteiger partial charge in [0.1, 0.15) is 6.04 Å². The molecule has 0 radical (unpaired) electrons. The summed E-state index contributed by atoms with van der Waals surface area (Å²) >= 11 is 0. The summed E-state index contributed by atoms with van der Waals surface area (Å²) in [7, 11) is 0. The summed E-state index contributed by atoms with van der Waals surface area (Å²) in [5, 5.41) is 27.2. The van der Waals surface area contributed by atoms with E-state index in [9.17, 15) is 9.59 Å². The highest BCUT2D eigenvalue weighted by atomic mass is 16.4. The van der Waals surface area contributed by atoms with Gasteiger partial charge < -0.3 is 20.6 Å². The van der Waals surface area contributed by atoms with E-state index in [1.54, 1.807) is 0 Å². The number of carbonyl (C=O) groups is 3. The summed E-state index contributed by atoms with van der Waals surface area (Å²) in [5.41, 5.74) is 0. The van der Waals surface area contributed by atoms with Crippen LogP contribution in [-0.4, -0.2) is 45.8 Å². The summed E-state index contributed by atoms with van der Waals surface area (Å²) in [6.07, 6.45) is 0.839. The van der Waals surface area contributed by atoms with Crippen LogP contribution in [0, 0.1) is 5.92 Å². The molecule has 1 heterocycles. The van der Waals surface area contributed by atoms with Crippen LogP contribution in [0.2, 0.25) is 0 Å². The summed E-state index contributed by atoms with van der Waals surface area (Å²) in [4.78, 5) is 29.9. The Bertz CT molecular complexity index is 243. The highest BCUT2D eigenvalue weighted by Gasteiger charge is 2.28. The number of hydrogen-bond donors (Lipinski definition) is 4. The van der Waals surface area contributed by atoms with Crippen molar-refractivity contribution in [3.05, 3.63) is 0 Å².